The number of aryl methyl sites for hydroxylation is 2. The standard InChI is InChI=1S/C14H26N4O/c1-4-7-8-12(10-15)16-14(19)13-9-11(5-2)17-18(13)6-3/h9,12H,4-8,10,15H2,1-3H3,(H,16,19). The van der Waals surface area contributed by atoms with E-state index in [9.17, 15) is 4.79 Å². The van der Waals surface area contributed by atoms with Crippen LogP contribution in [0.1, 0.15) is 56.2 Å². The van der Waals surface area contributed by atoms with Crippen LogP contribution in [0.2, 0.25) is 0 Å². The normalized spacial score (nSPS) is 12.4. The molecule has 5 nitrogen and oxygen atoms in total. The fourth-order valence-electron chi connectivity index (χ4n) is 2.03. The van der Waals surface area contributed by atoms with Gasteiger partial charge in [0.25, 0.3) is 5.91 Å². The summed E-state index contributed by atoms with van der Waals surface area (Å²) in [4.78, 5) is 12.3. The minimum absolute atomic E-state index is 0.0535. The van der Waals surface area contributed by atoms with Gasteiger partial charge in [-0.05, 0) is 25.8 Å². The van der Waals surface area contributed by atoms with E-state index in [2.05, 4.69) is 17.3 Å². The molecule has 108 valence electrons. The van der Waals surface area contributed by atoms with Gasteiger partial charge in [0.1, 0.15) is 5.69 Å². The highest BCUT2D eigenvalue weighted by Crippen LogP contribution is 2.07. The first kappa shape index (κ1) is 15.7. The Morgan fingerprint density at radius 1 is 1.47 bits per heavy atom. The molecule has 0 radical (unpaired) electrons. The first-order valence-electron chi connectivity index (χ1n) is 7.23. The van der Waals surface area contributed by atoms with E-state index in [1.165, 1.54) is 0 Å². The van der Waals surface area contributed by atoms with Crippen LogP contribution in [0.15, 0.2) is 6.07 Å². The fourth-order valence-corrected chi connectivity index (χ4v) is 2.03. The molecule has 0 aliphatic rings. The Labute approximate surface area is 115 Å². The monoisotopic (exact) mass is 266 g/mol. The topological polar surface area (TPSA) is 72.9 Å². The van der Waals surface area contributed by atoms with Gasteiger partial charge in [-0.2, -0.15) is 5.10 Å². The molecule has 1 heterocycles. The lowest BCUT2D eigenvalue weighted by atomic mass is 10.1. The summed E-state index contributed by atoms with van der Waals surface area (Å²) in [5, 5.41) is 7.39. The van der Waals surface area contributed by atoms with E-state index in [-0.39, 0.29) is 11.9 Å². The van der Waals surface area contributed by atoms with Gasteiger partial charge in [0.05, 0.1) is 5.69 Å². The van der Waals surface area contributed by atoms with Crippen molar-refractivity contribution in [2.24, 2.45) is 5.73 Å². The molecular weight excluding hydrogens is 240 g/mol. The second-order valence-corrected chi connectivity index (χ2v) is 4.74. The molecule has 0 aromatic carbocycles. The van der Waals surface area contributed by atoms with Gasteiger partial charge in [-0.25, -0.2) is 0 Å². The predicted molar refractivity (Wildman–Crippen MR) is 77.1 cm³/mol. The first-order chi connectivity index (χ1) is 9.15. The lowest BCUT2D eigenvalue weighted by Crippen LogP contribution is -2.40. The van der Waals surface area contributed by atoms with Gasteiger partial charge in [-0.15, -0.1) is 0 Å². The zero-order valence-corrected chi connectivity index (χ0v) is 12.3. The Morgan fingerprint density at radius 2 is 2.21 bits per heavy atom. The SMILES string of the molecule is CCCCC(CN)NC(=O)c1cc(CC)nn1CC. The summed E-state index contributed by atoms with van der Waals surface area (Å²) in [6, 6.07) is 1.92. The molecule has 0 spiro atoms. The highest BCUT2D eigenvalue weighted by atomic mass is 16.2. The third-order valence-corrected chi connectivity index (χ3v) is 3.25. The third kappa shape index (κ3) is 4.35. The molecule has 0 aliphatic carbocycles. The largest absolute Gasteiger partial charge is 0.347 e. The molecule has 1 amide bonds. The smallest absolute Gasteiger partial charge is 0.269 e. The predicted octanol–water partition coefficient (Wildman–Crippen LogP) is 1.71. The number of hydrogen-bond acceptors (Lipinski definition) is 3. The average Bonchev–Trinajstić information content (AvgIpc) is 2.86. The van der Waals surface area contributed by atoms with Gasteiger partial charge in [0, 0.05) is 19.1 Å². The number of carbonyl (C=O) groups excluding carboxylic acids is 1. The van der Waals surface area contributed by atoms with Crippen molar-refractivity contribution in [3.05, 3.63) is 17.5 Å². The fraction of sp³-hybridized carbons (Fsp3) is 0.714. The molecule has 5 heteroatoms. The second kappa shape index (κ2) is 7.94. The Balaban J connectivity index is 2.73. The van der Waals surface area contributed by atoms with E-state index >= 15 is 0 Å². The van der Waals surface area contributed by atoms with E-state index < -0.39 is 0 Å². The molecule has 3 N–H and O–H groups in total. The van der Waals surface area contributed by atoms with Crippen molar-refractivity contribution < 1.29 is 4.79 Å². The van der Waals surface area contributed by atoms with Crippen molar-refractivity contribution >= 4 is 5.91 Å². The maximum Gasteiger partial charge on any atom is 0.269 e. The summed E-state index contributed by atoms with van der Waals surface area (Å²) in [6.45, 7) is 7.33. The third-order valence-electron chi connectivity index (χ3n) is 3.25. The molecule has 0 saturated heterocycles. The molecule has 0 bridgehead atoms. The number of nitrogens with zero attached hydrogens (tertiary/aromatic N) is 2. The maximum absolute atomic E-state index is 12.3. The van der Waals surface area contributed by atoms with Gasteiger partial charge in [-0.1, -0.05) is 26.7 Å². The van der Waals surface area contributed by atoms with Crippen LogP contribution in [0, 0.1) is 0 Å². The van der Waals surface area contributed by atoms with Gasteiger partial charge in [0.15, 0.2) is 0 Å². The van der Waals surface area contributed by atoms with E-state index in [0.717, 1.165) is 31.4 Å². The Bertz CT molecular complexity index is 400. The lowest BCUT2D eigenvalue weighted by Gasteiger charge is -2.16. The summed E-state index contributed by atoms with van der Waals surface area (Å²) in [5.74, 6) is -0.0689. The Morgan fingerprint density at radius 3 is 2.74 bits per heavy atom. The highest BCUT2D eigenvalue weighted by Gasteiger charge is 2.17. The quantitative estimate of drug-likeness (QED) is 0.752. The number of unbranched alkanes of at least 4 members (excludes halogenated alkanes) is 1. The summed E-state index contributed by atoms with van der Waals surface area (Å²) in [6.07, 6.45) is 3.96. The number of nitrogens with one attached hydrogen (secondary N) is 1. The molecule has 1 rings (SSSR count). The van der Waals surface area contributed by atoms with Crippen LogP contribution in [0.5, 0.6) is 0 Å². The maximum atomic E-state index is 12.3. The van der Waals surface area contributed by atoms with E-state index in [1.54, 1.807) is 4.68 Å². The van der Waals surface area contributed by atoms with Gasteiger partial charge in [-0.3, -0.25) is 9.48 Å². The van der Waals surface area contributed by atoms with Crippen molar-refractivity contribution in [1.29, 1.82) is 0 Å². The minimum atomic E-state index is -0.0689. The Kier molecular flexibility index (Phi) is 6.56. The lowest BCUT2D eigenvalue weighted by molar-refractivity contribution is 0.0925. The van der Waals surface area contributed by atoms with Gasteiger partial charge in [0.2, 0.25) is 0 Å². The van der Waals surface area contributed by atoms with Gasteiger partial charge < -0.3 is 11.1 Å². The van der Waals surface area contributed by atoms with Gasteiger partial charge >= 0.3 is 0 Å². The average molecular weight is 266 g/mol. The summed E-state index contributed by atoms with van der Waals surface area (Å²) in [5.41, 5.74) is 7.29. The minimum Gasteiger partial charge on any atom is -0.347 e. The van der Waals surface area contributed by atoms with Crippen LogP contribution in [0.3, 0.4) is 0 Å². The molecule has 0 aliphatic heterocycles. The van der Waals surface area contributed by atoms with Crippen LogP contribution in [-0.2, 0) is 13.0 Å². The molecule has 1 aromatic rings. The van der Waals surface area contributed by atoms with Crippen LogP contribution in [0.25, 0.3) is 0 Å². The first-order valence-corrected chi connectivity index (χ1v) is 7.23. The van der Waals surface area contributed by atoms with Crippen LogP contribution < -0.4 is 11.1 Å². The zero-order valence-electron chi connectivity index (χ0n) is 12.3. The van der Waals surface area contributed by atoms with Crippen LogP contribution >= 0.6 is 0 Å². The van der Waals surface area contributed by atoms with Crippen molar-refractivity contribution in [3.8, 4) is 0 Å². The van der Waals surface area contributed by atoms with Crippen molar-refractivity contribution in [1.82, 2.24) is 15.1 Å². The molecule has 0 fully saturated rings. The molecule has 1 unspecified atom stereocenters. The van der Waals surface area contributed by atoms with Crippen molar-refractivity contribution in [3.63, 3.8) is 0 Å². The second-order valence-electron chi connectivity index (χ2n) is 4.74. The summed E-state index contributed by atoms with van der Waals surface area (Å²) < 4.78 is 1.75. The molecule has 19 heavy (non-hydrogen) atoms. The van der Waals surface area contributed by atoms with E-state index in [4.69, 9.17) is 5.73 Å². The van der Waals surface area contributed by atoms with E-state index in [1.807, 2.05) is 19.9 Å². The summed E-state index contributed by atoms with van der Waals surface area (Å²) >= 11 is 0. The number of amides is 1. The number of hydrogen-bond donors (Lipinski definition) is 2. The number of aromatic nitrogens is 2. The number of rotatable bonds is 8. The highest BCUT2D eigenvalue weighted by molar-refractivity contribution is 5.92. The zero-order chi connectivity index (χ0) is 14.3. The molecule has 1 atom stereocenters. The summed E-state index contributed by atoms with van der Waals surface area (Å²) in [7, 11) is 0. The van der Waals surface area contributed by atoms with E-state index in [0.29, 0.717) is 18.8 Å². The van der Waals surface area contributed by atoms with Crippen LogP contribution in [0.4, 0.5) is 0 Å². The molecule has 0 saturated carbocycles. The van der Waals surface area contributed by atoms with Crippen molar-refractivity contribution in [2.45, 2.75) is 59.0 Å². The molecular formula is C14H26N4O. The Hall–Kier alpha value is -1.36. The number of carbonyl (C=O) groups is 1. The number of nitrogens with two attached hydrogens (primary N) is 1. The van der Waals surface area contributed by atoms with Crippen LogP contribution in [-0.4, -0.2) is 28.3 Å². The van der Waals surface area contributed by atoms with Crippen molar-refractivity contribution in [2.75, 3.05) is 6.54 Å². The molecule has 1 aromatic heterocycles.